The lowest BCUT2D eigenvalue weighted by atomic mass is 10.0. The Morgan fingerprint density at radius 3 is 2.45 bits per heavy atom. The van der Waals surface area contributed by atoms with Crippen molar-refractivity contribution in [3.63, 3.8) is 0 Å². The lowest BCUT2D eigenvalue weighted by molar-refractivity contribution is 0.783. The smallest absolute Gasteiger partial charge is 0.129 e. The lowest BCUT2D eigenvalue weighted by Crippen LogP contribution is -1.97. The van der Waals surface area contributed by atoms with Gasteiger partial charge in [-0.25, -0.2) is 0 Å². The van der Waals surface area contributed by atoms with Gasteiger partial charge in [-0.05, 0) is 29.1 Å². The van der Waals surface area contributed by atoms with E-state index < -0.39 is 0 Å². The molecule has 3 nitrogen and oxygen atoms in total. The second kappa shape index (κ2) is 5.13. The topological polar surface area (TPSA) is 43.8 Å². The molecule has 1 aromatic carbocycles. The number of hydrogen-bond donors (Lipinski definition) is 1. The number of aromatic nitrogens is 2. The van der Waals surface area contributed by atoms with Gasteiger partial charge in [0.15, 0.2) is 0 Å². The first kappa shape index (κ1) is 13.5. The fourth-order valence-electron chi connectivity index (χ4n) is 2.06. The highest BCUT2D eigenvalue weighted by Gasteiger charge is 2.20. The van der Waals surface area contributed by atoms with Crippen LogP contribution in [0.1, 0.15) is 0 Å². The molecule has 102 valence electrons. The molecule has 6 heteroatoms. The molecule has 0 bridgehead atoms. The highest BCUT2D eigenvalue weighted by molar-refractivity contribution is 7.14. The number of thiophene rings is 1. The van der Waals surface area contributed by atoms with E-state index in [4.69, 9.17) is 28.9 Å². The van der Waals surface area contributed by atoms with Gasteiger partial charge in [0.1, 0.15) is 11.5 Å². The molecular formula is C14H11Cl2N3S. The van der Waals surface area contributed by atoms with Crippen LogP contribution in [0.4, 0.5) is 5.82 Å². The molecule has 0 aliphatic rings. The molecule has 0 atom stereocenters. The Morgan fingerprint density at radius 2 is 1.85 bits per heavy atom. The molecular weight excluding hydrogens is 313 g/mol. The lowest BCUT2D eigenvalue weighted by Gasteiger charge is -2.04. The van der Waals surface area contributed by atoms with Gasteiger partial charge in [0.2, 0.25) is 0 Å². The zero-order chi connectivity index (χ0) is 14.3. The van der Waals surface area contributed by atoms with E-state index in [0.717, 1.165) is 21.7 Å². The Labute approximate surface area is 130 Å². The first-order valence-electron chi connectivity index (χ1n) is 5.89. The van der Waals surface area contributed by atoms with Crippen LogP contribution in [0.3, 0.4) is 0 Å². The van der Waals surface area contributed by atoms with E-state index in [1.807, 2.05) is 42.8 Å². The molecule has 0 saturated heterocycles. The minimum Gasteiger partial charge on any atom is -0.383 e. The highest BCUT2D eigenvalue weighted by atomic mass is 35.5. The van der Waals surface area contributed by atoms with Crippen molar-refractivity contribution in [3.8, 4) is 21.7 Å². The number of nitrogens with zero attached hydrogens (tertiary/aromatic N) is 2. The summed E-state index contributed by atoms with van der Waals surface area (Å²) in [6.07, 6.45) is 0. The molecule has 0 amide bonds. The number of benzene rings is 1. The molecule has 0 radical (unpaired) electrons. The largest absolute Gasteiger partial charge is 0.383 e. The summed E-state index contributed by atoms with van der Waals surface area (Å²) >= 11 is 13.7. The van der Waals surface area contributed by atoms with Gasteiger partial charge in [-0.2, -0.15) is 5.10 Å². The summed E-state index contributed by atoms with van der Waals surface area (Å²) in [5, 5.41) is 7.81. The Bertz CT molecular complexity index is 759. The predicted octanol–water partition coefficient (Wildman–Crippen LogP) is 4.70. The summed E-state index contributed by atoms with van der Waals surface area (Å²) in [4.78, 5) is 0.920. The van der Waals surface area contributed by atoms with Crippen molar-refractivity contribution in [2.45, 2.75) is 0 Å². The first-order valence-corrected chi connectivity index (χ1v) is 7.53. The van der Waals surface area contributed by atoms with Crippen LogP contribution in [0.5, 0.6) is 0 Å². The van der Waals surface area contributed by atoms with E-state index in [-0.39, 0.29) is 0 Å². The van der Waals surface area contributed by atoms with Gasteiger partial charge >= 0.3 is 0 Å². The number of aryl methyl sites for hydroxylation is 1. The van der Waals surface area contributed by atoms with Crippen LogP contribution >= 0.6 is 34.5 Å². The summed E-state index contributed by atoms with van der Waals surface area (Å²) < 4.78 is 1.66. The van der Waals surface area contributed by atoms with Gasteiger partial charge < -0.3 is 5.73 Å². The molecule has 0 aliphatic carbocycles. The van der Waals surface area contributed by atoms with E-state index in [1.165, 1.54) is 0 Å². The quantitative estimate of drug-likeness (QED) is 0.742. The maximum atomic E-state index is 6.22. The van der Waals surface area contributed by atoms with Crippen LogP contribution in [0, 0.1) is 0 Å². The number of nitrogens with two attached hydrogens (primary N) is 1. The van der Waals surface area contributed by atoms with Gasteiger partial charge in [0, 0.05) is 12.1 Å². The third-order valence-electron chi connectivity index (χ3n) is 3.06. The van der Waals surface area contributed by atoms with Crippen molar-refractivity contribution < 1.29 is 0 Å². The van der Waals surface area contributed by atoms with Crippen molar-refractivity contribution in [1.82, 2.24) is 9.78 Å². The Kier molecular flexibility index (Phi) is 3.46. The summed E-state index contributed by atoms with van der Waals surface area (Å²) in [5.74, 6) is 0.604. The summed E-state index contributed by atoms with van der Waals surface area (Å²) in [6, 6.07) is 9.39. The number of anilines is 1. The fourth-order valence-corrected chi connectivity index (χ4v) is 3.32. The van der Waals surface area contributed by atoms with Gasteiger partial charge in [0.25, 0.3) is 0 Å². The van der Waals surface area contributed by atoms with Crippen LogP contribution in [0.15, 0.2) is 35.7 Å². The highest BCUT2D eigenvalue weighted by Crippen LogP contribution is 2.41. The number of nitrogen functional groups attached to an aromatic ring is 1. The van der Waals surface area contributed by atoms with Crippen molar-refractivity contribution >= 4 is 40.4 Å². The summed E-state index contributed by atoms with van der Waals surface area (Å²) in [7, 11) is 1.82. The Hall–Kier alpha value is -1.49. The van der Waals surface area contributed by atoms with E-state index in [0.29, 0.717) is 15.9 Å². The first-order chi connectivity index (χ1) is 9.58. The molecule has 0 spiro atoms. The SMILES string of the molecule is Cn1nc(-c2sccc2Cl)c(-c2ccc(Cl)cc2)c1N. The molecule has 0 aliphatic heterocycles. The van der Waals surface area contributed by atoms with Crippen LogP contribution < -0.4 is 5.73 Å². The molecule has 0 unspecified atom stereocenters. The standard InChI is InChI=1S/C14H11Cl2N3S/c1-19-14(17)11(8-2-4-9(15)5-3-8)12(18-19)13-10(16)6-7-20-13/h2-7H,17H2,1H3. The van der Waals surface area contributed by atoms with E-state index in [2.05, 4.69) is 5.10 Å². The summed E-state index contributed by atoms with van der Waals surface area (Å²) in [5.41, 5.74) is 8.81. The third kappa shape index (κ3) is 2.20. The van der Waals surface area contributed by atoms with Crippen molar-refractivity contribution in [1.29, 1.82) is 0 Å². The average Bonchev–Trinajstić information content (AvgIpc) is 2.96. The van der Waals surface area contributed by atoms with Gasteiger partial charge in [-0.15, -0.1) is 11.3 Å². The predicted molar refractivity (Wildman–Crippen MR) is 86.4 cm³/mol. The molecule has 3 rings (SSSR count). The normalized spacial score (nSPS) is 10.9. The van der Waals surface area contributed by atoms with Crippen molar-refractivity contribution in [3.05, 3.63) is 45.8 Å². The zero-order valence-corrected chi connectivity index (χ0v) is 12.9. The zero-order valence-electron chi connectivity index (χ0n) is 10.6. The van der Waals surface area contributed by atoms with Gasteiger partial charge in [0.05, 0.1) is 15.5 Å². The maximum absolute atomic E-state index is 6.22. The van der Waals surface area contributed by atoms with Crippen molar-refractivity contribution in [2.24, 2.45) is 7.05 Å². The van der Waals surface area contributed by atoms with Crippen LogP contribution in [-0.4, -0.2) is 9.78 Å². The second-order valence-electron chi connectivity index (χ2n) is 4.34. The summed E-state index contributed by atoms with van der Waals surface area (Å²) in [6.45, 7) is 0. The maximum Gasteiger partial charge on any atom is 0.129 e. The van der Waals surface area contributed by atoms with Crippen LogP contribution in [0.25, 0.3) is 21.7 Å². The molecule has 20 heavy (non-hydrogen) atoms. The molecule has 2 aromatic heterocycles. The minimum atomic E-state index is 0.604. The number of halogens is 2. The Morgan fingerprint density at radius 1 is 1.15 bits per heavy atom. The molecule has 2 heterocycles. The Balaban J connectivity index is 2.25. The fraction of sp³-hybridized carbons (Fsp3) is 0.0714. The molecule has 0 fully saturated rings. The molecule has 3 aromatic rings. The minimum absolute atomic E-state index is 0.604. The van der Waals surface area contributed by atoms with E-state index in [9.17, 15) is 0 Å². The molecule has 0 saturated carbocycles. The van der Waals surface area contributed by atoms with E-state index >= 15 is 0 Å². The van der Waals surface area contributed by atoms with Crippen molar-refractivity contribution in [2.75, 3.05) is 5.73 Å². The third-order valence-corrected chi connectivity index (χ3v) is 4.66. The average molecular weight is 324 g/mol. The molecule has 2 N–H and O–H groups in total. The van der Waals surface area contributed by atoms with E-state index in [1.54, 1.807) is 16.0 Å². The van der Waals surface area contributed by atoms with Crippen LogP contribution in [-0.2, 0) is 7.05 Å². The van der Waals surface area contributed by atoms with Crippen LogP contribution in [0.2, 0.25) is 10.0 Å². The number of rotatable bonds is 2. The monoisotopic (exact) mass is 323 g/mol. The van der Waals surface area contributed by atoms with Gasteiger partial charge in [-0.1, -0.05) is 35.3 Å². The number of hydrogen-bond acceptors (Lipinski definition) is 3. The second-order valence-corrected chi connectivity index (χ2v) is 6.10. The van der Waals surface area contributed by atoms with Gasteiger partial charge in [-0.3, -0.25) is 4.68 Å².